The SMILES string of the molecule is Cc1oc(-c2ccccc2)nc1CCOc1cccc([C@@H]2CC23CNCC32CC2)c1. The van der Waals surface area contributed by atoms with Gasteiger partial charge in [-0.15, -0.1) is 0 Å². The largest absolute Gasteiger partial charge is 0.493 e. The smallest absolute Gasteiger partial charge is 0.226 e. The molecule has 0 bridgehead atoms. The van der Waals surface area contributed by atoms with Crippen molar-refractivity contribution < 1.29 is 9.15 Å². The number of nitrogens with zero attached hydrogens (tertiary/aromatic N) is 1. The van der Waals surface area contributed by atoms with E-state index >= 15 is 0 Å². The van der Waals surface area contributed by atoms with Gasteiger partial charge in [-0.1, -0.05) is 30.3 Å². The van der Waals surface area contributed by atoms with Gasteiger partial charge in [-0.25, -0.2) is 4.98 Å². The van der Waals surface area contributed by atoms with Crippen LogP contribution in [0, 0.1) is 17.8 Å². The molecule has 2 aromatic carbocycles. The number of aromatic nitrogens is 1. The quantitative estimate of drug-likeness (QED) is 0.623. The lowest BCUT2D eigenvalue weighted by Crippen LogP contribution is -2.16. The molecule has 0 amide bonds. The van der Waals surface area contributed by atoms with Crippen molar-refractivity contribution in [3.8, 4) is 17.2 Å². The standard InChI is InChI=1S/C26H28N2O2/c1-18-23(28-24(30-18)19-6-3-2-4-7-19)10-13-29-21-9-5-8-20(14-21)22-15-26(22)17-27-16-25(26)11-12-25/h2-9,14,22,27H,10-13,15-17H2,1H3/t22-,26?/m0/s1. The van der Waals surface area contributed by atoms with Crippen molar-refractivity contribution in [1.82, 2.24) is 10.3 Å². The van der Waals surface area contributed by atoms with Crippen LogP contribution in [-0.4, -0.2) is 24.7 Å². The molecule has 3 aliphatic rings. The lowest BCUT2D eigenvalue weighted by molar-refractivity contribution is 0.319. The fourth-order valence-corrected chi connectivity index (χ4v) is 5.69. The van der Waals surface area contributed by atoms with Crippen LogP contribution in [0.1, 0.15) is 42.2 Å². The summed E-state index contributed by atoms with van der Waals surface area (Å²) in [4.78, 5) is 4.68. The zero-order valence-electron chi connectivity index (χ0n) is 17.5. The molecule has 1 aliphatic heterocycles. The van der Waals surface area contributed by atoms with E-state index < -0.39 is 0 Å². The molecule has 2 heterocycles. The fourth-order valence-electron chi connectivity index (χ4n) is 5.69. The van der Waals surface area contributed by atoms with Crippen LogP contribution in [-0.2, 0) is 6.42 Å². The first-order chi connectivity index (χ1) is 14.7. The zero-order chi connectivity index (χ0) is 20.2. The van der Waals surface area contributed by atoms with E-state index in [0.717, 1.165) is 29.2 Å². The second-order valence-electron chi connectivity index (χ2n) is 9.36. The highest BCUT2D eigenvalue weighted by Gasteiger charge is 2.73. The Morgan fingerprint density at radius 1 is 1.10 bits per heavy atom. The molecule has 1 N–H and O–H groups in total. The summed E-state index contributed by atoms with van der Waals surface area (Å²) in [5.74, 6) is 3.22. The van der Waals surface area contributed by atoms with Gasteiger partial charge >= 0.3 is 0 Å². The fraction of sp³-hybridized carbons (Fsp3) is 0.423. The van der Waals surface area contributed by atoms with Gasteiger partial charge in [0.1, 0.15) is 11.5 Å². The van der Waals surface area contributed by atoms with Gasteiger partial charge in [0, 0.05) is 25.1 Å². The molecule has 1 unspecified atom stereocenters. The third kappa shape index (κ3) is 2.89. The highest BCUT2D eigenvalue weighted by Crippen LogP contribution is 2.77. The van der Waals surface area contributed by atoms with E-state index in [9.17, 15) is 0 Å². The minimum absolute atomic E-state index is 0.525. The van der Waals surface area contributed by atoms with Gasteiger partial charge < -0.3 is 14.5 Å². The van der Waals surface area contributed by atoms with Gasteiger partial charge in [0.25, 0.3) is 0 Å². The number of oxazole rings is 1. The van der Waals surface area contributed by atoms with Crippen LogP contribution in [0.4, 0.5) is 0 Å². The Balaban J connectivity index is 1.10. The first-order valence-electron chi connectivity index (χ1n) is 11.1. The van der Waals surface area contributed by atoms with Crippen LogP contribution < -0.4 is 10.1 Å². The maximum absolute atomic E-state index is 6.12. The summed E-state index contributed by atoms with van der Waals surface area (Å²) in [5.41, 5.74) is 4.56. The van der Waals surface area contributed by atoms with E-state index in [1.165, 1.54) is 37.9 Å². The molecule has 2 saturated carbocycles. The second-order valence-corrected chi connectivity index (χ2v) is 9.36. The highest BCUT2D eigenvalue weighted by molar-refractivity contribution is 5.53. The summed E-state index contributed by atoms with van der Waals surface area (Å²) in [6.45, 7) is 5.00. The second kappa shape index (κ2) is 6.71. The molecule has 3 aromatic rings. The molecule has 0 radical (unpaired) electrons. The molecule has 3 fully saturated rings. The van der Waals surface area contributed by atoms with E-state index in [-0.39, 0.29) is 0 Å². The van der Waals surface area contributed by atoms with Crippen LogP contribution >= 0.6 is 0 Å². The summed E-state index contributed by atoms with van der Waals surface area (Å²) in [6.07, 6.45) is 4.90. The van der Waals surface area contributed by atoms with Gasteiger partial charge in [0.15, 0.2) is 0 Å². The number of ether oxygens (including phenoxy) is 1. The molecule has 1 saturated heterocycles. The Bertz CT molecular complexity index is 1070. The van der Waals surface area contributed by atoms with E-state index in [1.807, 2.05) is 37.3 Å². The topological polar surface area (TPSA) is 47.3 Å². The number of nitrogens with one attached hydrogen (secondary N) is 1. The third-order valence-electron chi connectivity index (χ3n) is 7.67. The highest BCUT2D eigenvalue weighted by atomic mass is 16.5. The molecule has 1 aromatic heterocycles. The lowest BCUT2D eigenvalue weighted by Gasteiger charge is -2.18. The molecular weight excluding hydrogens is 372 g/mol. The minimum atomic E-state index is 0.525. The van der Waals surface area contributed by atoms with Crippen LogP contribution in [0.3, 0.4) is 0 Å². The Labute approximate surface area is 177 Å². The summed E-state index contributed by atoms with van der Waals surface area (Å²) in [6, 6.07) is 18.8. The van der Waals surface area contributed by atoms with Crippen LogP contribution in [0.15, 0.2) is 59.0 Å². The maximum Gasteiger partial charge on any atom is 0.226 e. The number of aryl methyl sites for hydroxylation is 1. The van der Waals surface area contributed by atoms with Gasteiger partial charge in [-0.2, -0.15) is 0 Å². The summed E-state index contributed by atoms with van der Waals surface area (Å²) >= 11 is 0. The first-order valence-corrected chi connectivity index (χ1v) is 11.1. The molecule has 4 nitrogen and oxygen atoms in total. The van der Waals surface area contributed by atoms with Crippen molar-refractivity contribution >= 4 is 0 Å². The molecule has 2 spiro atoms. The van der Waals surface area contributed by atoms with Crippen molar-refractivity contribution in [1.29, 1.82) is 0 Å². The predicted molar refractivity (Wildman–Crippen MR) is 117 cm³/mol. The molecule has 2 aliphatic carbocycles. The Kier molecular flexibility index (Phi) is 4.07. The van der Waals surface area contributed by atoms with Crippen molar-refractivity contribution in [2.24, 2.45) is 10.8 Å². The first kappa shape index (κ1) is 18.2. The minimum Gasteiger partial charge on any atom is -0.493 e. The lowest BCUT2D eigenvalue weighted by atomic mass is 9.85. The van der Waals surface area contributed by atoms with E-state index in [4.69, 9.17) is 9.15 Å². The number of hydrogen-bond donors (Lipinski definition) is 1. The summed E-state index contributed by atoms with van der Waals surface area (Å²) in [7, 11) is 0. The number of fused-ring (bicyclic) bond motifs is 1. The number of hydrogen-bond acceptors (Lipinski definition) is 4. The molecule has 2 atom stereocenters. The maximum atomic E-state index is 6.12. The Hall–Kier alpha value is -2.59. The van der Waals surface area contributed by atoms with Crippen LogP contribution in [0.25, 0.3) is 11.5 Å². The third-order valence-corrected chi connectivity index (χ3v) is 7.67. The van der Waals surface area contributed by atoms with E-state index in [2.05, 4.69) is 34.6 Å². The van der Waals surface area contributed by atoms with Gasteiger partial charge in [0.2, 0.25) is 5.89 Å². The normalized spacial score (nSPS) is 25.7. The average molecular weight is 401 g/mol. The van der Waals surface area contributed by atoms with Gasteiger partial charge in [-0.05, 0) is 72.8 Å². The van der Waals surface area contributed by atoms with Crippen molar-refractivity contribution in [3.63, 3.8) is 0 Å². The summed E-state index contributed by atoms with van der Waals surface area (Å²) in [5, 5.41) is 3.67. The van der Waals surface area contributed by atoms with E-state index in [0.29, 0.717) is 29.2 Å². The average Bonchev–Trinajstić information content (AvgIpc) is 3.63. The van der Waals surface area contributed by atoms with Gasteiger partial charge in [-0.3, -0.25) is 0 Å². The number of benzene rings is 2. The molecule has 30 heavy (non-hydrogen) atoms. The van der Waals surface area contributed by atoms with Crippen LogP contribution in [0.2, 0.25) is 0 Å². The molecular formula is C26H28N2O2. The van der Waals surface area contributed by atoms with E-state index in [1.54, 1.807) is 0 Å². The van der Waals surface area contributed by atoms with Crippen LogP contribution in [0.5, 0.6) is 5.75 Å². The Morgan fingerprint density at radius 2 is 1.97 bits per heavy atom. The summed E-state index contributed by atoms with van der Waals surface area (Å²) < 4.78 is 12.0. The molecule has 154 valence electrons. The molecule has 6 rings (SSSR count). The monoisotopic (exact) mass is 400 g/mol. The zero-order valence-corrected chi connectivity index (χ0v) is 17.5. The predicted octanol–water partition coefficient (Wildman–Crippen LogP) is 5.13. The molecule has 4 heteroatoms. The van der Waals surface area contributed by atoms with Gasteiger partial charge in [0.05, 0.1) is 12.3 Å². The number of rotatable bonds is 6. The van der Waals surface area contributed by atoms with Crippen molar-refractivity contribution in [2.45, 2.75) is 38.5 Å². The van der Waals surface area contributed by atoms with Crippen molar-refractivity contribution in [3.05, 3.63) is 71.6 Å². The van der Waals surface area contributed by atoms with Crippen molar-refractivity contribution in [2.75, 3.05) is 19.7 Å². The Morgan fingerprint density at radius 3 is 2.80 bits per heavy atom.